The molecule has 4 atom stereocenters. The number of hydrogen-bond donors (Lipinski definition) is 4. The van der Waals surface area contributed by atoms with Gasteiger partial charge < -0.3 is 30.6 Å². The predicted octanol–water partition coefficient (Wildman–Crippen LogP) is 1.45. The lowest BCUT2D eigenvalue weighted by Crippen LogP contribution is -2.58. The molecule has 1 aliphatic heterocycles. The zero-order valence-corrected chi connectivity index (χ0v) is 27.3. The molecule has 2 aliphatic rings. The van der Waals surface area contributed by atoms with Gasteiger partial charge in [-0.3, -0.25) is 19.2 Å². The van der Waals surface area contributed by atoms with Crippen molar-refractivity contribution in [2.45, 2.75) is 82.2 Å². The first-order valence-electron chi connectivity index (χ1n) is 15.6. The summed E-state index contributed by atoms with van der Waals surface area (Å²) >= 11 is 0. The molecule has 4 unspecified atom stereocenters. The highest BCUT2D eigenvalue weighted by molar-refractivity contribution is 7.90. The highest BCUT2D eigenvalue weighted by Gasteiger charge is 2.45. The van der Waals surface area contributed by atoms with Crippen LogP contribution in [0, 0.1) is 24.2 Å². The Morgan fingerprint density at radius 3 is 2.52 bits per heavy atom. The van der Waals surface area contributed by atoms with Gasteiger partial charge in [-0.2, -0.15) is 0 Å². The summed E-state index contributed by atoms with van der Waals surface area (Å²) in [6.07, 6.45) is 11.7. The van der Waals surface area contributed by atoms with Crippen LogP contribution in [0.3, 0.4) is 0 Å². The van der Waals surface area contributed by atoms with Crippen LogP contribution in [0.2, 0.25) is 0 Å². The Labute approximate surface area is 270 Å². The molecule has 1 aliphatic carbocycles. The fourth-order valence-electron chi connectivity index (χ4n) is 6.15. The second-order valence-electron chi connectivity index (χ2n) is 12.3. The number of nitrogens with zero attached hydrogens (tertiary/aromatic N) is 1. The van der Waals surface area contributed by atoms with Gasteiger partial charge in [-0.25, -0.2) is 13.2 Å². The van der Waals surface area contributed by atoms with E-state index in [1.54, 1.807) is 12.1 Å². The van der Waals surface area contributed by atoms with E-state index in [0.29, 0.717) is 18.6 Å². The molecule has 46 heavy (non-hydrogen) atoms. The zero-order chi connectivity index (χ0) is 33.9. The molecular formula is C32H45N5O8S. The summed E-state index contributed by atoms with van der Waals surface area (Å²) in [5, 5.41) is 10.4. The Kier molecular flexibility index (Phi) is 13.0. The maximum absolute atomic E-state index is 13.5. The van der Waals surface area contributed by atoms with E-state index >= 15 is 0 Å². The molecule has 0 spiro atoms. The molecule has 5 amide bonds. The Balaban J connectivity index is 1.66. The van der Waals surface area contributed by atoms with Gasteiger partial charge in [0.15, 0.2) is 9.84 Å². The van der Waals surface area contributed by atoms with Crippen LogP contribution in [-0.4, -0.2) is 85.9 Å². The fraction of sp³-hybridized carbons (Fsp3) is 0.594. The molecule has 1 saturated carbocycles. The smallest absolute Gasteiger partial charge is 0.315 e. The number of carbonyl (C=O) groups excluding carboxylic acids is 5. The highest BCUT2D eigenvalue weighted by atomic mass is 32.2. The van der Waals surface area contributed by atoms with E-state index in [2.05, 4.69) is 33.8 Å². The predicted molar refractivity (Wildman–Crippen MR) is 171 cm³/mol. The fourth-order valence-corrected chi connectivity index (χ4v) is 8.05. The standard InChI is InChI=1S/C32H45N5O8S/c1-5-7-13-25(28(39)30(41)33-16-6-2)35-29(40)27-23(4)22(3)19-37(27)26(38)18-34-31(42)36-32(14-9-8-10-15-32)21-46(43,44)20-24-12-11-17-45-24/h1,6,11-12,17,22-23,25,27H,2,7-10,13-16,18-21H2,3-4H3,(H,33,41)(H,35,40)(H2,34,36,42). The average Bonchev–Trinajstić information content (AvgIpc) is 3.62. The lowest BCUT2D eigenvalue weighted by Gasteiger charge is -2.37. The molecular weight excluding hydrogens is 614 g/mol. The second-order valence-corrected chi connectivity index (χ2v) is 14.3. The van der Waals surface area contributed by atoms with Crippen LogP contribution in [0.1, 0.15) is 64.6 Å². The average molecular weight is 660 g/mol. The zero-order valence-electron chi connectivity index (χ0n) is 26.5. The van der Waals surface area contributed by atoms with Crippen molar-refractivity contribution in [3.05, 3.63) is 36.8 Å². The van der Waals surface area contributed by atoms with E-state index in [1.807, 2.05) is 13.8 Å². The van der Waals surface area contributed by atoms with E-state index < -0.39 is 63.5 Å². The number of carbonyl (C=O) groups is 5. The van der Waals surface area contributed by atoms with Crippen molar-refractivity contribution in [2.24, 2.45) is 11.8 Å². The molecule has 0 bridgehead atoms. The third kappa shape index (κ3) is 9.94. The quantitative estimate of drug-likeness (QED) is 0.124. The summed E-state index contributed by atoms with van der Waals surface area (Å²) in [5.74, 6) is -1.07. The van der Waals surface area contributed by atoms with E-state index in [-0.39, 0.29) is 49.3 Å². The van der Waals surface area contributed by atoms with E-state index in [4.69, 9.17) is 10.8 Å². The summed E-state index contributed by atoms with van der Waals surface area (Å²) in [6.45, 7) is 7.06. The van der Waals surface area contributed by atoms with Gasteiger partial charge in [0.25, 0.3) is 5.91 Å². The number of Topliss-reactive ketones (excluding diaryl/α,β-unsaturated/α-hetero) is 1. The van der Waals surface area contributed by atoms with Crippen LogP contribution in [0.4, 0.5) is 4.79 Å². The molecule has 13 nitrogen and oxygen atoms in total. The molecule has 1 aromatic rings. The summed E-state index contributed by atoms with van der Waals surface area (Å²) in [7, 11) is -3.63. The van der Waals surface area contributed by atoms with E-state index in [1.165, 1.54) is 17.2 Å². The van der Waals surface area contributed by atoms with Crippen molar-refractivity contribution in [3.63, 3.8) is 0 Å². The second kappa shape index (κ2) is 16.4. The monoisotopic (exact) mass is 659 g/mol. The summed E-state index contributed by atoms with van der Waals surface area (Å²) in [4.78, 5) is 66.4. The van der Waals surface area contributed by atoms with Crippen LogP contribution in [0.5, 0.6) is 0 Å². The molecule has 2 heterocycles. The first-order valence-corrected chi connectivity index (χ1v) is 17.4. The maximum Gasteiger partial charge on any atom is 0.315 e. The minimum atomic E-state index is -3.63. The molecule has 252 valence electrons. The summed E-state index contributed by atoms with van der Waals surface area (Å²) in [5.41, 5.74) is -0.992. The lowest BCUT2D eigenvalue weighted by atomic mass is 9.83. The van der Waals surface area contributed by atoms with Gasteiger partial charge in [0.1, 0.15) is 17.6 Å². The Morgan fingerprint density at radius 1 is 1.17 bits per heavy atom. The number of nitrogens with one attached hydrogen (secondary N) is 4. The minimum Gasteiger partial charge on any atom is -0.468 e. The van der Waals surface area contributed by atoms with Gasteiger partial charge in [0, 0.05) is 19.5 Å². The number of likely N-dealkylation sites (tertiary alicyclic amines) is 1. The highest BCUT2D eigenvalue weighted by Crippen LogP contribution is 2.31. The molecule has 4 N–H and O–H groups in total. The van der Waals surface area contributed by atoms with Gasteiger partial charge in [-0.05, 0) is 43.2 Å². The number of amides is 5. The van der Waals surface area contributed by atoms with Crippen molar-refractivity contribution >= 4 is 39.4 Å². The normalized spacial score (nSPS) is 21.3. The molecule has 1 saturated heterocycles. The molecule has 14 heteroatoms. The van der Waals surface area contributed by atoms with E-state index in [0.717, 1.165) is 19.3 Å². The Morgan fingerprint density at radius 2 is 1.89 bits per heavy atom. The first kappa shape index (κ1) is 36.3. The largest absolute Gasteiger partial charge is 0.468 e. The molecule has 3 rings (SSSR count). The topological polar surface area (TPSA) is 184 Å². The number of hydrogen-bond acceptors (Lipinski definition) is 8. The van der Waals surface area contributed by atoms with Crippen molar-refractivity contribution in [2.75, 3.05) is 25.4 Å². The SMILES string of the molecule is C#CCCC(NC(=O)C1C(C)C(C)CN1C(=O)CNC(=O)NC1(CS(=O)(=O)Cc2ccco2)CCCCC1)C(=O)C(=O)NCC=C. The number of terminal acetylenes is 1. The van der Waals surface area contributed by atoms with Crippen molar-refractivity contribution in [1.82, 2.24) is 26.2 Å². The number of furan rings is 1. The van der Waals surface area contributed by atoms with Crippen LogP contribution >= 0.6 is 0 Å². The maximum atomic E-state index is 13.5. The Hall–Kier alpha value is -4.12. The van der Waals surface area contributed by atoms with Crippen LogP contribution in [-0.2, 0) is 34.8 Å². The van der Waals surface area contributed by atoms with Gasteiger partial charge in [0.2, 0.25) is 17.6 Å². The van der Waals surface area contributed by atoms with E-state index in [9.17, 15) is 32.4 Å². The lowest BCUT2D eigenvalue weighted by molar-refractivity contribution is -0.142. The third-order valence-corrected chi connectivity index (χ3v) is 10.4. The molecule has 1 aromatic heterocycles. The van der Waals surface area contributed by atoms with Crippen LogP contribution < -0.4 is 21.3 Å². The third-order valence-electron chi connectivity index (χ3n) is 8.67. The van der Waals surface area contributed by atoms with Gasteiger partial charge in [-0.1, -0.05) is 39.2 Å². The van der Waals surface area contributed by atoms with Crippen molar-refractivity contribution in [3.8, 4) is 12.3 Å². The summed E-state index contributed by atoms with van der Waals surface area (Å²) < 4.78 is 31.3. The van der Waals surface area contributed by atoms with Gasteiger partial charge in [-0.15, -0.1) is 18.9 Å². The number of sulfone groups is 1. The number of urea groups is 1. The van der Waals surface area contributed by atoms with Crippen LogP contribution in [0.15, 0.2) is 35.5 Å². The van der Waals surface area contributed by atoms with Crippen molar-refractivity contribution in [1.29, 1.82) is 0 Å². The van der Waals surface area contributed by atoms with Gasteiger partial charge >= 0.3 is 6.03 Å². The first-order chi connectivity index (χ1) is 21.8. The number of rotatable bonds is 15. The molecule has 0 radical (unpaired) electrons. The minimum absolute atomic E-state index is 0.0356. The van der Waals surface area contributed by atoms with Gasteiger partial charge in [0.05, 0.1) is 30.1 Å². The molecule has 0 aromatic carbocycles. The summed E-state index contributed by atoms with van der Waals surface area (Å²) in [6, 6.07) is 0.367. The Bertz CT molecular complexity index is 1410. The van der Waals surface area contributed by atoms with Crippen LogP contribution in [0.25, 0.3) is 0 Å². The van der Waals surface area contributed by atoms with Crippen molar-refractivity contribution < 1.29 is 36.8 Å². The molecule has 2 fully saturated rings. The number of ketones is 1.